The first-order chi connectivity index (χ1) is 13.7. The fraction of sp³-hybridized carbons (Fsp3) is 0.450. The van der Waals surface area contributed by atoms with Crippen LogP contribution >= 0.6 is 0 Å². The van der Waals surface area contributed by atoms with Crippen LogP contribution in [0.4, 0.5) is 0 Å². The molecule has 8 heteroatoms. The Morgan fingerprint density at radius 3 is 2.68 bits per heavy atom. The minimum Gasteiger partial charge on any atom is -0.379 e. The second kappa shape index (κ2) is 8.53. The summed E-state index contributed by atoms with van der Waals surface area (Å²) in [6, 6.07) is 11.5. The van der Waals surface area contributed by atoms with Crippen LogP contribution in [0.2, 0.25) is 0 Å². The molecule has 0 bridgehead atoms. The molecule has 1 saturated heterocycles. The molecule has 0 aliphatic carbocycles. The third-order valence-electron chi connectivity index (χ3n) is 5.13. The van der Waals surface area contributed by atoms with Gasteiger partial charge in [0.2, 0.25) is 0 Å². The molecular formula is C20H25N5O3. The van der Waals surface area contributed by atoms with E-state index in [4.69, 9.17) is 4.74 Å². The Labute approximate surface area is 164 Å². The molecule has 0 atom stereocenters. The van der Waals surface area contributed by atoms with E-state index in [0.29, 0.717) is 37.6 Å². The van der Waals surface area contributed by atoms with E-state index in [1.807, 2.05) is 30.3 Å². The van der Waals surface area contributed by atoms with Gasteiger partial charge in [-0.2, -0.15) is 5.10 Å². The molecule has 0 radical (unpaired) electrons. The van der Waals surface area contributed by atoms with Gasteiger partial charge in [-0.1, -0.05) is 30.3 Å². The highest BCUT2D eigenvalue weighted by atomic mass is 16.5. The molecular weight excluding hydrogens is 358 g/mol. The summed E-state index contributed by atoms with van der Waals surface area (Å²) in [5, 5.41) is 7.23. The van der Waals surface area contributed by atoms with Crippen molar-refractivity contribution in [3.8, 4) is 0 Å². The van der Waals surface area contributed by atoms with E-state index in [1.54, 1.807) is 15.6 Å². The van der Waals surface area contributed by atoms with Gasteiger partial charge in [-0.05, 0) is 5.56 Å². The standard InChI is InChI=1S/C20H25N5O3/c26-19(21-6-7-23-10-12-28-13-11-23)17-14-18-20(27)24(8-9-25(18)22-17)15-16-4-2-1-3-5-16/h1-5,14H,6-13,15H2,(H,21,26). The van der Waals surface area contributed by atoms with E-state index in [9.17, 15) is 9.59 Å². The third-order valence-corrected chi connectivity index (χ3v) is 5.13. The van der Waals surface area contributed by atoms with Crippen molar-refractivity contribution in [3.05, 3.63) is 53.3 Å². The van der Waals surface area contributed by atoms with E-state index in [0.717, 1.165) is 38.4 Å². The van der Waals surface area contributed by atoms with Gasteiger partial charge in [0.15, 0.2) is 5.69 Å². The molecule has 1 aromatic carbocycles. The Hall–Kier alpha value is -2.71. The molecule has 0 unspecified atom stereocenters. The van der Waals surface area contributed by atoms with Crippen molar-refractivity contribution in [2.24, 2.45) is 0 Å². The van der Waals surface area contributed by atoms with Crippen molar-refractivity contribution in [1.29, 1.82) is 0 Å². The molecule has 28 heavy (non-hydrogen) atoms. The van der Waals surface area contributed by atoms with Crippen molar-refractivity contribution in [2.45, 2.75) is 13.1 Å². The number of hydrogen-bond acceptors (Lipinski definition) is 5. The Bertz CT molecular complexity index is 830. The molecule has 2 amide bonds. The van der Waals surface area contributed by atoms with Crippen LogP contribution in [0.1, 0.15) is 26.5 Å². The van der Waals surface area contributed by atoms with Crippen molar-refractivity contribution in [3.63, 3.8) is 0 Å². The number of amides is 2. The summed E-state index contributed by atoms with van der Waals surface area (Å²) >= 11 is 0. The maximum atomic E-state index is 12.8. The SMILES string of the molecule is O=C(NCCN1CCOCC1)c1cc2n(n1)CCN(Cc1ccccc1)C2=O. The van der Waals surface area contributed by atoms with Crippen LogP contribution in [-0.2, 0) is 17.8 Å². The zero-order chi connectivity index (χ0) is 19.3. The summed E-state index contributed by atoms with van der Waals surface area (Å²) in [4.78, 5) is 29.3. The van der Waals surface area contributed by atoms with Gasteiger partial charge in [0.1, 0.15) is 5.69 Å². The highest BCUT2D eigenvalue weighted by molar-refractivity contribution is 5.98. The summed E-state index contributed by atoms with van der Waals surface area (Å²) in [5.74, 6) is -0.326. The fourth-order valence-electron chi connectivity index (χ4n) is 3.55. The highest BCUT2D eigenvalue weighted by Crippen LogP contribution is 2.16. The average Bonchev–Trinajstić information content (AvgIpc) is 3.17. The summed E-state index contributed by atoms with van der Waals surface area (Å²) < 4.78 is 6.96. The van der Waals surface area contributed by atoms with E-state index >= 15 is 0 Å². The predicted octanol–water partition coefficient (Wildman–Crippen LogP) is 0.601. The zero-order valence-corrected chi connectivity index (χ0v) is 15.8. The minimum absolute atomic E-state index is 0.0880. The van der Waals surface area contributed by atoms with Crippen LogP contribution < -0.4 is 5.32 Å². The Morgan fingerprint density at radius 2 is 1.89 bits per heavy atom. The topological polar surface area (TPSA) is 79.7 Å². The molecule has 148 valence electrons. The lowest BCUT2D eigenvalue weighted by Gasteiger charge is -2.27. The number of benzene rings is 1. The van der Waals surface area contributed by atoms with E-state index in [2.05, 4.69) is 15.3 Å². The number of morpholine rings is 1. The molecule has 3 heterocycles. The largest absolute Gasteiger partial charge is 0.379 e. The number of nitrogens with zero attached hydrogens (tertiary/aromatic N) is 4. The highest BCUT2D eigenvalue weighted by Gasteiger charge is 2.27. The normalized spacial score (nSPS) is 17.4. The Morgan fingerprint density at radius 1 is 1.11 bits per heavy atom. The number of aromatic nitrogens is 2. The van der Waals surface area contributed by atoms with Gasteiger partial charge in [0.05, 0.1) is 19.8 Å². The predicted molar refractivity (Wildman–Crippen MR) is 103 cm³/mol. The zero-order valence-electron chi connectivity index (χ0n) is 15.8. The molecule has 0 spiro atoms. The van der Waals surface area contributed by atoms with Gasteiger partial charge < -0.3 is 15.0 Å². The first-order valence-corrected chi connectivity index (χ1v) is 9.70. The summed E-state index contributed by atoms with van der Waals surface area (Å²) in [6.07, 6.45) is 0. The van der Waals surface area contributed by atoms with E-state index < -0.39 is 0 Å². The minimum atomic E-state index is -0.238. The van der Waals surface area contributed by atoms with Crippen molar-refractivity contribution >= 4 is 11.8 Å². The maximum Gasteiger partial charge on any atom is 0.272 e. The van der Waals surface area contributed by atoms with Crippen LogP contribution in [0.3, 0.4) is 0 Å². The second-order valence-corrected chi connectivity index (χ2v) is 7.06. The van der Waals surface area contributed by atoms with Crippen LogP contribution in [0, 0.1) is 0 Å². The average molecular weight is 383 g/mol. The molecule has 0 saturated carbocycles. The van der Waals surface area contributed by atoms with Crippen LogP contribution in [0.15, 0.2) is 36.4 Å². The van der Waals surface area contributed by atoms with Gasteiger partial charge in [-0.25, -0.2) is 0 Å². The lowest BCUT2D eigenvalue weighted by Crippen LogP contribution is -2.41. The van der Waals surface area contributed by atoms with Gasteiger partial charge in [-0.3, -0.25) is 19.2 Å². The summed E-state index contributed by atoms with van der Waals surface area (Å²) in [7, 11) is 0. The van der Waals surface area contributed by atoms with Crippen LogP contribution in [0.25, 0.3) is 0 Å². The number of hydrogen-bond donors (Lipinski definition) is 1. The Kier molecular flexibility index (Phi) is 5.68. The molecule has 1 fully saturated rings. The first-order valence-electron chi connectivity index (χ1n) is 9.70. The number of ether oxygens (including phenoxy) is 1. The van der Waals surface area contributed by atoms with E-state index in [-0.39, 0.29) is 11.8 Å². The van der Waals surface area contributed by atoms with Gasteiger partial charge in [0.25, 0.3) is 11.8 Å². The van der Waals surface area contributed by atoms with Crippen LogP contribution in [-0.4, -0.2) is 77.3 Å². The monoisotopic (exact) mass is 383 g/mol. The lowest BCUT2D eigenvalue weighted by atomic mass is 10.2. The number of rotatable bonds is 6. The van der Waals surface area contributed by atoms with Crippen molar-refractivity contribution < 1.29 is 14.3 Å². The molecule has 1 N–H and O–H groups in total. The summed E-state index contributed by atoms with van der Waals surface area (Å²) in [6.45, 7) is 6.33. The van der Waals surface area contributed by atoms with Crippen LogP contribution in [0.5, 0.6) is 0 Å². The Balaban J connectivity index is 1.34. The van der Waals surface area contributed by atoms with E-state index in [1.165, 1.54) is 0 Å². The fourth-order valence-corrected chi connectivity index (χ4v) is 3.55. The lowest BCUT2D eigenvalue weighted by molar-refractivity contribution is 0.0383. The van der Waals surface area contributed by atoms with Crippen molar-refractivity contribution in [2.75, 3.05) is 45.9 Å². The molecule has 8 nitrogen and oxygen atoms in total. The number of carbonyl (C=O) groups excluding carboxylic acids is 2. The first kappa shape index (κ1) is 18.6. The van der Waals surface area contributed by atoms with Gasteiger partial charge in [0, 0.05) is 45.3 Å². The maximum absolute atomic E-state index is 12.8. The quantitative estimate of drug-likeness (QED) is 0.790. The second-order valence-electron chi connectivity index (χ2n) is 7.06. The molecule has 4 rings (SSSR count). The molecule has 2 aromatic rings. The van der Waals surface area contributed by atoms with Crippen molar-refractivity contribution in [1.82, 2.24) is 24.9 Å². The van der Waals surface area contributed by atoms with Gasteiger partial charge >= 0.3 is 0 Å². The molecule has 2 aliphatic rings. The number of nitrogens with one attached hydrogen (secondary N) is 1. The van der Waals surface area contributed by atoms with Gasteiger partial charge in [-0.15, -0.1) is 0 Å². The third kappa shape index (κ3) is 4.23. The smallest absolute Gasteiger partial charge is 0.272 e. The molecule has 1 aromatic heterocycles. The number of carbonyl (C=O) groups is 2. The number of fused-ring (bicyclic) bond motifs is 1. The summed E-state index contributed by atoms with van der Waals surface area (Å²) in [5.41, 5.74) is 1.86. The molecule has 2 aliphatic heterocycles.